The van der Waals surface area contributed by atoms with Gasteiger partial charge in [-0.2, -0.15) is 4.31 Å². The summed E-state index contributed by atoms with van der Waals surface area (Å²) in [6, 6.07) is 0. The molecule has 1 aliphatic rings. The van der Waals surface area contributed by atoms with Crippen LogP contribution in [0.1, 0.15) is 0 Å². The van der Waals surface area contributed by atoms with Gasteiger partial charge in [-0.15, -0.1) is 0 Å². The Kier molecular flexibility index (Phi) is 8.26. The Morgan fingerprint density at radius 2 is 1.86 bits per heavy atom. The van der Waals surface area contributed by atoms with Crippen LogP contribution >= 0.6 is 0 Å². The molecule has 0 aromatic heterocycles. The van der Waals surface area contributed by atoms with Gasteiger partial charge in [-0.25, -0.2) is 8.42 Å². The number of rotatable bonds is 9. The maximum atomic E-state index is 11.9. The van der Waals surface area contributed by atoms with Gasteiger partial charge in [0, 0.05) is 39.3 Å². The molecule has 1 rings (SSSR count). The Morgan fingerprint density at radius 3 is 2.41 bits per heavy atom. The summed E-state index contributed by atoms with van der Waals surface area (Å²) in [4.78, 5) is 16.0. The van der Waals surface area contributed by atoms with E-state index in [9.17, 15) is 13.2 Å². The van der Waals surface area contributed by atoms with Crippen LogP contribution in [0.3, 0.4) is 0 Å². The molecule has 1 saturated heterocycles. The molecule has 22 heavy (non-hydrogen) atoms. The third kappa shape index (κ3) is 8.04. The van der Waals surface area contributed by atoms with Crippen LogP contribution in [0.5, 0.6) is 0 Å². The molecule has 0 aromatic rings. The van der Waals surface area contributed by atoms with E-state index in [1.54, 1.807) is 0 Å². The summed E-state index contributed by atoms with van der Waals surface area (Å²) in [7, 11) is 0.430. The number of amides is 1. The van der Waals surface area contributed by atoms with E-state index >= 15 is 0 Å². The first-order valence-corrected chi connectivity index (χ1v) is 9.30. The predicted molar refractivity (Wildman–Crippen MR) is 85.2 cm³/mol. The molecule has 0 spiro atoms. The van der Waals surface area contributed by atoms with Crippen LogP contribution in [-0.4, -0.2) is 108 Å². The summed E-state index contributed by atoms with van der Waals surface area (Å²) in [5, 5.41) is 2.73. The van der Waals surface area contributed by atoms with Crippen molar-refractivity contribution in [1.29, 1.82) is 0 Å². The number of nitrogens with one attached hydrogen (secondary N) is 1. The summed E-state index contributed by atoms with van der Waals surface area (Å²) < 4.78 is 30.1. The lowest BCUT2D eigenvalue weighted by Crippen LogP contribution is -2.46. The first-order valence-electron chi connectivity index (χ1n) is 7.45. The summed E-state index contributed by atoms with van der Waals surface area (Å²) in [5.74, 6) is -0.269. The molecular weight excluding hydrogens is 308 g/mol. The van der Waals surface area contributed by atoms with Crippen molar-refractivity contribution in [3.8, 4) is 0 Å². The van der Waals surface area contributed by atoms with E-state index in [0.29, 0.717) is 32.8 Å². The van der Waals surface area contributed by atoms with Crippen molar-refractivity contribution in [2.45, 2.75) is 0 Å². The van der Waals surface area contributed by atoms with Crippen molar-refractivity contribution in [2.24, 2.45) is 0 Å². The smallest absolute Gasteiger partial charge is 0.235 e. The second-order valence-electron chi connectivity index (χ2n) is 5.70. The molecule has 1 fully saturated rings. The number of carbonyl (C=O) groups is 1. The molecule has 8 nitrogen and oxygen atoms in total. The zero-order valence-electron chi connectivity index (χ0n) is 13.7. The number of hydrogen-bond donors (Lipinski definition) is 1. The molecule has 0 saturated carbocycles. The summed E-state index contributed by atoms with van der Waals surface area (Å²) in [6.07, 6.45) is 1.14. The normalized spacial score (nSPS) is 17.1. The molecule has 0 aliphatic carbocycles. The van der Waals surface area contributed by atoms with Crippen molar-refractivity contribution in [3.63, 3.8) is 0 Å². The average Bonchev–Trinajstić information content (AvgIpc) is 2.43. The molecule has 0 aromatic carbocycles. The molecule has 0 unspecified atom stereocenters. The SMILES string of the molecule is CN(C)CCNC(=O)CN(CCN1CCOCC1)S(C)(=O)=O. The van der Waals surface area contributed by atoms with Gasteiger partial charge >= 0.3 is 0 Å². The van der Waals surface area contributed by atoms with E-state index in [2.05, 4.69) is 10.2 Å². The largest absolute Gasteiger partial charge is 0.379 e. The molecular formula is C13H28N4O4S. The van der Waals surface area contributed by atoms with E-state index in [4.69, 9.17) is 4.74 Å². The molecule has 1 heterocycles. The fourth-order valence-electron chi connectivity index (χ4n) is 2.07. The Bertz CT molecular complexity index is 435. The number of carbonyl (C=O) groups excluding carboxylic acids is 1. The van der Waals surface area contributed by atoms with Gasteiger partial charge in [-0.05, 0) is 14.1 Å². The lowest BCUT2D eigenvalue weighted by Gasteiger charge is -2.29. The Morgan fingerprint density at radius 1 is 1.23 bits per heavy atom. The highest BCUT2D eigenvalue weighted by molar-refractivity contribution is 7.88. The number of ether oxygens (including phenoxy) is 1. The zero-order valence-corrected chi connectivity index (χ0v) is 14.6. The van der Waals surface area contributed by atoms with Crippen LogP contribution in [-0.2, 0) is 19.6 Å². The van der Waals surface area contributed by atoms with E-state index < -0.39 is 10.0 Å². The van der Waals surface area contributed by atoms with E-state index in [1.807, 2.05) is 19.0 Å². The van der Waals surface area contributed by atoms with Crippen LogP contribution in [0.2, 0.25) is 0 Å². The maximum Gasteiger partial charge on any atom is 0.235 e. The van der Waals surface area contributed by atoms with Gasteiger partial charge in [0.05, 0.1) is 26.0 Å². The zero-order chi connectivity index (χ0) is 16.6. The first-order chi connectivity index (χ1) is 10.3. The molecule has 1 N–H and O–H groups in total. The number of likely N-dealkylation sites (N-methyl/N-ethyl adjacent to an activating group) is 1. The topological polar surface area (TPSA) is 82.2 Å². The molecule has 130 valence electrons. The van der Waals surface area contributed by atoms with Gasteiger partial charge in [-0.3, -0.25) is 9.69 Å². The monoisotopic (exact) mass is 336 g/mol. The van der Waals surface area contributed by atoms with E-state index in [0.717, 1.165) is 25.9 Å². The summed E-state index contributed by atoms with van der Waals surface area (Å²) >= 11 is 0. The minimum absolute atomic E-state index is 0.128. The Labute approximate surface area is 133 Å². The van der Waals surface area contributed by atoms with E-state index in [1.165, 1.54) is 4.31 Å². The van der Waals surface area contributed by atoms with Gasteiger partial charge < -0.3 is 15.0 Å². The van der Waals surface area contributed by atoms with Crippen molar-refractivity contribution in [3.05, 3.63) is 0 Å². The van der Waals surface area contributed by atoms with E-state index in [-0.39, 0.29) is 12.5 Å². The van der Waals surface area contributed by atoms with Crippen molar-refractivity contribution < 1.29 is 17.9 Å². The van der Waals surface area contributed by atoms with Crippen molar-refractivity contribution in [2.75, 3.05) is 79.4 Å². The molecule has 9 heteroatoms. The summed E-state index contributed by atoms with van der Waals surface area (Å²) in [6.45, 7) is 4.97. The van der Waals surface area contributed by atoms with Gasteiger partial charge in [0.1, 0.15) is 0 Å². The highest BCUT2D eigenvalue weighted by Crippen LogP contribution is 2.01. The highest BCUT2D eigenvalue weighted by Gasteiger charge is 2.21. The average molecular weight is 336 g/mol. The molecule has 1 aliphatic heterocycles. The fraction of sp³-hybridized carbons (Fsp3) is 0.923. The lowest BCUT2D eigenvalue weighted by molar-refractivity contribution is -0.121. The number of morpholine rings is 1. The van der Waals surface area contributed by atoms with Gasteiger partial charge in [0.15, 0.2) is 0 Å². The first kappa shape index (κ1) is 19.3. The maximum absolute atomic E-state index is 11.9. The van der Waals surface area contributed by atoms with Crippen molar-refractivity contribution in [1.82, 2.24) is 19.4 Å². The molecule has 1 amide bonds. The third-order valence-electron chi connectivity index (χ3n) is 3.44. The van der Waals surface area contributed by atoms with Gasteiger partial charge in [0.25, 0.3) is 0 Å². The molecule has 0 bridgehead atoms. The third-order valence-corrected chi connectivity index (χ3v) is 4.69. The predicted octanol–water partition coefficient (Wildman–Crippen LogP) is -1.74. The van der Waals surface area contributed by atoms with Crippen LogP contribution < -0.4 is 5.32 Å². The second kappa shape index (κ2) is 9.41. The van der Waals surface area contributed by atoms with Gasteiger partial charge in [0.2, 0.25) is 15.9 Å². The number of hydrogen-bond acceptors (Lipinski definition) is 6. The quantitative estimate of drug-likeness (QED) is 0.538. The van der Waals surface area contributed by atoms with Crippen LogP contribution in [0.15, 0.2) is 0 Å². The fourth-order valence-corrected chi connectivity index (χ4v) is 2.84. The van der Waals surface area contributed by atoms with Crippen molar-refractivity contribution >= 4 is 15.9 Å². The molecule has 0 atom stereocenters. The Balaban J connectivity index is 2.41. The van der Waals surface area contributed by atoms with Crippen LogP contribution in [0, 0.1) is 0 Å². The second-order valence-corrected chi connectivity index (χ2v) is 7.69. The molecule has 0 radical (unpaired) electrons. The lowest BCUT2D eigenvalue weighted by atomic mass is 10.4. The summed E-state index contributed by atoms with van der Waals surface area (Å²) in [5.41, 5.74) is 0. The number of sulfonamides is 1. The minimum Gasteiger partial charge on any atom is -0.379 e. The number of nitrogens with zero attached hydrogens (tertiary/aromatic N) is 3. The van der Waals surface area contributed by atoms with Crippen LogP contribution in [0.25, 0.3) is 0 Å². The van der Waals surface area contributed by atoms with Crippen LogP contribution in [0.4, 0.5) is 0 Å². The highest BCUT2D eigenvalue weighted by atomic mass is 32.2. The van der Waals surface area contributed by atoms with Gasteiger partial charge in [-0.1, -0.05) is 0 Å². The minimum atomic E-state index is -3.40. The standard InChI is InChI=1S/C13H28N4O4S/c1-15(2)5-4-14-13(18)12-17(22(3,19)20)7-6-16-8-10-21-11-9-16/h4-12H2,1-3H3,(H,14,18). The Hall–Kier alpha value is -0.740.